The maximum absolute atomic E-state index is 4.27. The molecule has 2 N–H and O–H groups in total. The molecular weight excluding hydrogens is 437 g/mol. The van der Waals surface area contributed by atoms with Crippen LogP contribution in [-0.2, 0) is 6.42 Å². The molecule has 1 unspecified atom stereocenters. The minimum absolute atomic E-state index is 0. The van der Waals surface area contributed by atoms with Crippen molar-refractivity contribution in [3.8, 4) is 0 Å². The van der Waals surface area contributed by atoms with Crippen LogP contribution in [0.5, 0.6) is 0 Å². The molecule has 0 fully saturated rings. The molecule has 0 aliphatic heterocycles. The first kappa shape index (κ1) is 20.3. The van der Waals surface area contributed by atoms with Gasteiger partial charge < -0.3 is 10.6 Å². The van der Waals surface area contributed by atoms with Gasteiger partial charge in [0.05, 0.1) is 0 Å². The Morgan fingerprint density at radius 2 is 1.96 bits per heavy atom. The van der Waals surface area contributed by atoms with Crippen LogP contribution in [0, 0.1) is 0 Å². The van der Waals surface area contributed by atoms with E-state index in [1.807, 2.05) is 24.9 Å². The Morgan fingerprint density at radius 1 is 1.17 bits per heavy atom. The predicted molar refractivity (Wildman–Crippen MR) is 115 cm³/mol. The SMILES string of the molecule is CN=C(NCCc1cccs1)NCC(C)Sc1ccccc1.I. The fourth-order valence-electron chi connectivity index (χ4n) is 1.99. The Labute approximate surface area is 164 Å². The Balaban J connectivity index is 0.00000264. The summed E-state index contributed by atoms with van der Waals surface area (Å²) in [4.78, 5) is 6.98. The van der Waals surface area contributed by atoms with Crippen molar-refractivity contribution in [2.45, 2.75) is 23.5 Å². The summed E-state index contributed by atoms with van der Waals surface area (Å²) in [6.07, 6.45) is 1.03. The molecule has 6 heteroatoms. The van der Waals surface area contributed by atoms with Crippen LogP contribution in [0.15, 0.2) is 57.7 Å². The fourth-order valence-corrected chi connectivity index (χ4v) is 3.65. The molecule has 0 bridgehead atoms. The summed E-state index contributed by atoms with van der Waals surface area (Å²) in [5.74, 6) is 0.872. The van der Waals surface area contributed by atoms with Crippen LogP contribution >= 0.6 is 47.1 Å². The van der Waals surface area contributed by atoms with Crippen LogP contribution in [0.25, 0.3) is 0 Å². The third kappa shape index (κ3) is 8.08. The van der Waals surface area contributed by atoms with Crippen molar-refractivity contribution in [1.82, 2.24) is 10.6 Å². The van der Waals surface area contributed by atoms with E-state index in [0.29, 0.717) is 5.25 Å². The Morgan fingerprint density at radius 3 is 2.61 bits per heavy atom. The number of thioether (sulfide) groups is 1. The molecule has 0 spiro atoms. The Kier molecular flexibility index (Phi) is 10.4. The van der Waals surface area contributed by atoms with Crippen LogP contribution in [-0.4, -0.2) is 31.3 Å². The smallest absolute Gasteiger partial charge is 0.191 e. The number of hydrogen-bond acceptors (Lipinski definition) is 3. The highest BCUT2D eigenvalue weighted by Crippen LogP contribution is 2.21. The maximum Gasteiger partial charge on any atom is 0.191 e. The second kappa shape index (κ2) is 11.8. The Hall–Kier alpha value is -0.730. The van der Waals surface area contributed by atoms with Crippen molar-refractivity contribution >= 4 is 53.0 Å². The van der Waals surface area contributed by atoms with Crippen molar-refractivity contribution in [3.05, 3.63) is 52.7 Å². The number of rotatable bonds is 7. The minimum atomic E-state index is 0. The molecule has 0 aliphatic rings. The van der Waals surface area contributed by atoms with Crippen molar-refractivity contribution in [3.63, 3.8) is 0 Å². The first-order valence-electron chi connectivity index (χ1n) is 7.46. The summed E-state index contributed by atoms with van der Waals surface area (Å²) in [5, 5.41) is 9.35. The number of guanidine groups is 1. The van der Waals surface area contributed by atoms with Gasteiger partial charge in [-0.1, -0.05) is 31.2 Å². The molecule has 2 rings (SSSR count). The molecule has 3 nitrogen and oxygen atoms in total. The second-order valence-corrected chi connectivity index (χ2v) is 7.49. The summed E-state index contributed by atoms with van der Waals surface area (Å²) in [6, 6.07) is 14.8. The number of nitrogens with zero attached hydrogens (tertiary/aromatic N) is 1. The third-order valence-corrected chi connectivity index (χ3v) is 5.15. The van der Waals surface area contributed by atoms with E-state index >= 15 is 0 Å². The summed E-state index contributed by atoms with van der Waals surface area (Å²) < 4.78 is 0. The summed E-state index contributed by atoms with van der Waals surface area (Å²) >= 11 is 3.67. The van der Waals surface area contributed by atoms with E-state index in [2.05, 4.69) is 64.3 Å². The summed E-state index contributed by atoms with van der Waals surface area (Å²) in [6.45, 7) is 4.02. The van der Waals surface area contributed by atoms with Crippen LogP contribution in [0.4, 0.5) is 0 Å². The standard InChI is InChI=1S/C17H23N3S2.HI/c1-14(22-16-7-4-3-5-8-16)13-20-17(18-2)19-11-10-15-9-6-12-21-15;/h3-9,12,14H,10-11,13H2,1-2H3,(H2,18,19,20);1H. The van der Waals surface area contributed by atoms with Crippen LogP contribution < -0.4 is 10.6 Å². The molecule has 0 aliphatic carbocycles. The van der Waals surface area contributed by atoms with Gasteiger partial charge in [0.2, 0.25) is 0 Å². The van der Waals surface area contributed by atoms with E-state index in [9.17, 15) is 0 Å². The summed E-state index contributed by atoms with van der Waals surface area (Å²) in [7, 11) is 1.81. The van der Waals surface area contributed by atoms with Crippen molar-refractivity contribution in [2.75, 3.05) is 20.1 Å². The lowest BCUT2D eigenvalue weighted by Gasteiger charge is -2.15. The van der Waals surface area contributed by atoms with Gasteiger partial charge in [-0.15, -0.1) is 47.1 Å². The first-order valence-corrected chi connectivity index (χ1v) is 9.22. The molecule has 1 heterocycles. The maximum atomic E-state index is 4.27. The van der Waals surface area contributed by atoms with E-state index in [4.69, 9.17) is 0 Å². The topological polar surface area (TPSA) is 36.4 Å². The van der Waals surface area contributed by atoms with E-state index in [1.165, 1.54) is 9.77 Å². The average molecular weight is 461 g/mol. The van der Waals surface area contributed by atoms with Gasteiger partial charge in [0.15, 0.2) is 5.96 Å². The fraction of sp³-hybridized carbons (Fsp3) is 0.353. The van der Waals surface area contributed by atoms with Crippen LogP contribution in [0.1, 0.15) is 11.8 Å². The number of nitrogens with one attached hydrogen (secondary N) is 2. The number of halogens is 1. The lowest BCUT2D eigenvalue weighted by atomic mass is 10.3. The van der Waals surface area contributed by atoms with Gasteiger partial charge in [-0.05, 0) is 30.0 Å². The van der Waals surface area contributed by atoms with Gasteiger partial charge in [0.1, 0.15) is 0 Å². The lowest BCUT2D eigenvalue weighted by molar-refractivity contribution is 0.784. The highest BCUT2D eigenvalue weighted by atomic mass is 127. The van der Waals surface area contributed by atoms with Gasteiger partial charge >= 0.3 is 0 Å². The molecule has 0 saturated heterocycles. The van der Waals surface area contributed by atoms with Crippen LogP contribution in [0.2, 0.25) is 0 Å². The zero-order chi connectivity index (χ0) is 15.6. The minimum Gasteiger partial charge on any atom is -0.356 e. The van der Waals surface area contributed by atoms with E-state index in [-0.39, 0.29) is 24.0 Å². The quantitative estimate of drug-likeness (QED) is 0.280. The van der Waals surface area contributed by atoms with Gasteiger partial charge in [-0.25, -0.2) is 0 Å². The number of thiophene rings is 1. The van der Waals surface area contributed by atoms with E-state index in [1.54, 1.807) is 11.3 Å². The van der Waals surface area contributed by atoms with Gasteiger partial charge in [-0.3, -0.25) is 4.99 Å². The van der Waals surface area contributed by atoms with E-state index in [0.717, 1.165) is 25.5 Å². The third-order valence-electron chi connectivity index (χ3n) is 3.10. The largest absolute Gasteiger partial charge is 0.356 e. The van der Waals surface area contributed by atoms with Crippen molar-refractivity contribution < 1.29 is 0 Å². The zero-order valence-electron chi connectivity index (χ0n) is 13.5. The molecule has 1 aromatic heterocycles. The Bertz CT molecular complexity index is 558. The molecule has 0 radical (unpaired) electrons. The molecule has 1 atom stereocenters. The molecule has 0 amide bonds. The van der Waals surface area contributed by atoms with E-state index < -0.39 is 0 Å². The second-order valence-electron chi connectivity index (χ2n) is 4.95. The summed E-state index contributed by atoms with van der Waals surface area (Å²) in [5.41, 5.74) is 0. The van der Waals surface area contributed by atoms with Crippen molar-refractivity contribution in [2.24, 2.45) is 4.99 Å². The predicted octanol–water partition coefficient (Wildman–Crippen LogP) is 4.25. The van der Waals surface area contributed by atoms with Crippen molar-refractivity contribution in [1.29, 1.82) is 0 Å². The molecule has 1 aromatic carbocycles. The highest BCUT2D eigenvalue weighted by Gasteiger charge is 2.05. The normalized spacial score (nSPS) is 12.3. The molecule has 0 saturated carbocycles. The zero-order valence-corrected chi connectivity index (χ0v) is 17.5. The van der Waals surface area contributed by atoms with Gasteiger partial charge in [0, 0.05) is 35.2 Å². The van der Waals surface area contributed by atoms with Gasteiger partial charge in [0.25, 0.3) is 0 Å². The molecular formula is C17H24IN3S2. The molecule has 126 valence electrons. The average Bonchev–Trinajstić information content (AvgIpc) is 3.05. The molecule has 2 aromatic rings. The number of aliphatic imine (C=N–C) groups is 1. The highest BCUT2D eigenvalue weighted by molar-refractivity contribution is 14.0. The lowest BCUT2D eigenvalue weighted by Crippen LogP contribution is -2.40. The number of hydrogen-bond donors (Lipinski definition) is 2. The van der Waals surface area contributed by atoms with Crippen LogP contribution in [0.3, 0.4) is 0 Å². The monoisotopic (exact) mass is 461 g/mol. The van der Waals surface area contributed by atoms with Gasteiger partial charge in [-0.2, -0.15) is 0 Å². The number of benzene rings is 1. The first-order chi connectivity index (χ1) is 10.8. The molecule has 23 heavy (non-hydrogen) atoms.